The highest BCUT2D eigenvalue weighted by Crippen LogP contribution is 2.26. The number of piperazine rings is 1. The molecule has 0 bridgehead atoms. The molecule has 0 aliphatic carbocycles. The van der Waals surface area contributed by atoms with Crippen molar-refractivity contribution in [3.05, 3.63) is 90.6 Å². The van der Waals surface area contributed by atoms with Crippen molar-refractivity contribution in [2.75, 3.05) is 31.1 Å². The van der Waals surface area contributed by atoms with Gasteiger partial charge in [0.2, 0.25) is 0 Å². The van der Waals surface area contributed by atoms with Gasteiger partial charge in [0.05, 0.1) is 36.1 Å². The second kappa shape index (κ2) is 7.95. The number of nitrogens with one attached hydrogen (secondary N) is 1. The second-order valence-electron chi connectivity index (χ2n) is 7.47. The number of aromatic nitrogens is 2. The number of H-pyrrole nitrogens is 1. The van der Waals surface area contributed by atoms with Crippen LogP contribution in [0.25, 0.3) is 22.2 Å². The fourth-order valence-electron chi connectivity index (χ4n) is 4.01. The summed E-state index contributed by atoms with van der Waals surface area (Å²) in [5.41, 5.74) is 3.41. The van der Waals surface area contributed by atoms with Crippen molar-refractivity contribution in [2.45, 2.75) is 0 Å². The molecule has 2 aromatic carbocycles. The Bertz CT molecular complexity index is 1170. The van der Waals surface area contributed by atoms with E-state index in [1.165, 1.54) is 0 Å². The fraction of sp³-hybridized carbons (Fsp3) is 0.160. The molecule has 2 aromatic heterocycles. The van der Waals surface area contributed by atoms with Crippen molar-refractivity contribution in [3.8, 4) is 11.3 Å². The minimum atomic E-state index is 0.0717. The Morgan fingerprint density at radius 1 is 0.833 bits per heavy atom. The van der Waals surface area contributed by atoms with E-state index in [4.69, 9.17) is 4.98 Å². The minimum Gasteiger partial charge on any atom is -0.331 e. The normalized spacial score (nSPS) is 14.1. The SMILES string of the molecule is O=C(c1cc(-c2ccccc2)nc2ccccc12)N1CCN(c2cccc[nH+]2)CC1. The van der Waals surface area contributed by atoms with Crippen molar-refractivity contribution in [2.24, 2.45) is 0 Å². The van der Waals surface area contributed by atoms with Crippen molar-refractivity contribution in [1.82, 2.24) is 9.88 Å². The van der Waals surface area contributed by atoms with Gasteiger partial charge >= 0.3 is 0 Å². The Labute approximate surface area is 175 Å². The summed E-state index contributed by atoms with van der Waals surface area (Å²) in [5.74, 6) is 1.16. The zero-order valence-corrected chi connectivity index (χ0v) is 16.7. The van der Waals surface area contributed by atoms with Gasteiger partial charge < -0.3 is 4.90 Å². The molecule has 4 aromatic rings. The summed E-state index contributed by atoms with van der Waals surface area (Å²) in [6.45, 7) is 3.00. The number of hydrogen-bond donors (Lipinski definition) is 0. The predicted octanol–water partition coefficient (Wildman–Crippen LogP) is 3.68. The van der Waals surface area contributed by atoms with Crippen LogP contribution in [0, 0.1) is 0 Å². The number of hydrogen-bond acceptors (Lipinski definition) is 3. The summed E-state index contributed by atoms with van der Waals surface area (Å²) < 4.78 is 0. The summed E-state index contributed by atoms with van der Waals surface area (Å²) in [7, 11) is 0. The average molecular weight is 395 g/mol. The van der Waals surface area contributed by atoms with Gasteiger partial charge in [-0.15, -0.1) is 0 Å². The van der Waals surface area contributed by atoms with Gasteiger partial charge in [0.15, 0.2) is 0 Å². The molecule has 0 unspecified atom stereocenters. The van der Waals surface area contributed by atoms with E-state index in [2.05, 4.69) is 16.0 Å². The summed E-state index contributed by atoms with van der Waals surface area (Å²) >= 11 is 0. The quantitative estimate of drug-likeness (QED) is 0.532. The first-order valence-corrected chi connectivity index (χ1v) is 10.3. The van der Waals surface area contributed by atoms with E-state index in [1.54, 1.807) is 0 Å². The summed E-state index contributed by atoms with van der Waals surface area (Å²) in [4.78, 5) is 25.8. The van der Waals surface area contributed by atoms with Crippen LogP contribution in [0.5, 0.6) is 0 Å². The molecule has 0 atom stereocenters. The largest absolute Gasteiger partial charge is 0.331 e. The molecule has 3 heterocycles. The van der Waals surface area contributed by atoms with Crippen LogP contribution < -0.4 is 9.88 Å². The molecular weight excluding hydrogens is 372 g/mol. The molecule has 1 amide bonds. The number of aromatic amines is 1. The van der Waals surface area contributed by atoms with Crippen LogP contribution in [0.4, 0.5) is 5.82 Å². The molecule has 0 radical (unpaired) electrons. The number of carbonyl (C=O) groups is 1. The van der Waals surface area contributed by atoms with Crippen LogP contribution in [0.15, 0.2) is 85.1 Å². The zero-order chi connectivity index (χ0) is 20.3. The van der Waals surface area contributed by atoms with Crippen LogP contribution in [0.1, 0.15) is 10.4 Å². The van der Waals surface area contributed by atoms with Crippen LogP contribution in [-0.4, -0.2) is 42.0 Å². The van der Waals surface area contributed by atoms with Gasteiger partial charge in [-0.25, -0.2) is 9.97 Å². The van der Waals surface area contributed by atoms with Gasteiger partial charge in [-0.05, 0) is 18.2 Å². The molecule has 5 rings (SSSR count). The average Bonchev–Trinajstić information content (AvgIpc) is 2.84. The van der Waals surface area contributed by atoms with Crippen molar-refractivity contribution < 1.29 is 9.78 Å². The maximum atomic E-state index is 13.5. The third-order valence-electron chi connectivity index (χ3n) is 5.62. The highest BCUT2D eigenvalue weighted by Gasteiger charge is 2.28. The molecule has 1 aliphatic rings. The number of carbonyl (C=O) groups excluding carboxylic acids is 1. The van der Waals surface area contributed by atoms with Gasteiger partial charge in [-0.2, -0.15) is 0 Å². The smallest absolute Gasteiger partial charge is 0.274 e. The Kier molecular flexibility index (Phi) is 4.85. The molecule has 5 heteroatoms. The first-order chi connectivity index (χ1) is 14.8. The van der Waals surface area contributed by atoms with E-state index in [-0.39, 0.29) is 5.91 Å². The number of pyridine rings is 2. The topological polar surface area (TPSA) is 50.6 Å². The van der Waals surface area contributed by atoms with Crippen LogP contribution >= 0.6 is 0 Å². The number of anilines is 1. The van der Waals surface area contributed by atoms with E-state index in [0.717, 1.165) is 46.6 Å². The molecule has 0 saturated carbocycles. The maximum absolute atomic E-state index is 13.5. The molecule has 0 spiro atoms. The Morgan fingerprint density at radius 2 is 1.57 bits per heavy atom. The molecule has 1 N–H and O–H groups in total. The highest BCUT2D eigenvalue weighted by molar-refractivity contribution is 6.07. The first-order valence-electron chi connectivity index (χ1n) is 10.3. The first kappa shape index (κ1) is 18.3. The van der Waals surface area contributed by atoms with Crippen molar-refractivity contribution >= 4 is 22.6 Å². The van der Waals surface area contributed by atoms with Gasteiger partial charge in [0, 0.05) is 17.0 Å². The third kappa shape index (κ3) is 3.50. The Morgan fingerprint density at radius 3 is 2.33 bits per heavy atom. The molecule has 1 saturated heterocycles. The van der Waals surface area contributed by atoms with E-state index in [9.17, 15) is 4.79 Å². The highest BCUT2D eigenvalue weighted by atomic mass is 16.2. The zero-order valence-electron chi connectivity index (χ0n) is 16.7. The molecular formula is C25H23N4O+. The molecule has 1 aliphatic heterocycles. The van der Waals surface area contributed by atoms with E-state index < -0.39 is 0 Å². The lowest BCUT2D eigenvalue weighted by atomic mass is 10.0. The minimum absolute atomic E-state index is 0.0717. The van der Waals surface area contributed by atoms with Gasteiger partial charge in [0.1, 0.15) is 13.1 Å². The van der Waals surface area contributed by atoms with Crippen LogP contribution in [-0.2, 0) is 0 Å². The monoisotopic (exact) mass is 395 g/mol. The second-order valence-corrected chi connectivity index (χ2v) is 7.47. The van der Waals surface area contributed by atoms with E-state index in [0.29, 0.717) is 13.1 Å². The lowest BCUT2D eigenvalue weighted by Crippen LogP contribution is -2.50. The Balaban J connectivity index is 1.45. The number of amides is 1. The maximum Gasteiger partial charge on any atom is 0.274 e. The summed E-state index contributed by atoms with van der Waals surface area (Å²) in [5, 5.41) is 0.904. The number of benzene rings is 2. The third-order valence-corrected chi connectivity index (χ3v) is 5.62. The van der Waals surface area contributed by atoms with Gasteiger partial charge in [-0.1, -0.05) is 54.6 Å². The molecule has 30 heavy (non-hydrogen) atoms. The van der Waals surface area contributed by atoms with Crippen molar-refractivity contribution in [1.29, 1.82) is 0 Å². The Hall–Kier alpha value is -3.73. The lowest BCUT2D eigenvalue weighted by molar-refractivity contribution is -0.364. The van der Waals surface area contributed by atoms with E-state index >= 15 is 0 Å². The van der Waals surface area contributed by atoms with Gasteiger partial charge in [-0.3, -0.25) is 9.69 Å². The van der Waals surface area contributed by atoms with Crippen LogP contribution in [0.3, 0.4) is 0 Å². The molecule has 5 nitrogen and oxygen atoms in total. The van der Waals surface area contributed by atoms with E-state index in [1.807, 2.05) is 83.9 Å². The molecule has 148 valence electrons. The summed E-state index contributed by atoms with van der Waals surface area (Å²) in [6.07, 6.45) is 1.93. The lowest BCUT2D eigenvalue weighted by Gasteiger charge is -2.31. The number of fused-ring (bicyclic) bond motifs is 1. The predicted molar refractivity (Wildman–Crippen MR) is 118 cm³/mol. The van der Waals surface area contributed by atoms with Gasteiger partial charge in [0.25, 0.3) is 11.7 Å². The standard InChI is InChI=1S/C25H22N4O/c30-25(29-16-14-28(15-17-29)24-12-6-7-13-26-24)21-18-23(19-8-2-1-3-9-19)27-22-11-5-4-10-20(21)22/h1-13,18H,14-17H2/p+1. The number of para-hydroxylation sites is 1. The summed E-state index contributed by atoms with van der Waals surface area (Å²) in [6, 6.07) is 25.9. The van der Waals surface area contributed by atoms with Crippen LogP contribution in [0.2, 0.25) is 0 Å². The van der Waals surface area contributed by atoms with Crippen molar-refractivity contribution in [3.63, 3.8) is 0 Å². The number of rotatable bonds is 3. The molecule has 1 fully saturated rings. The fourth-order valence-corrected chi connectivity index (χ4v) is 4.01. The number of nitrogens with zero attached hydrogens (tertiary/aromatic N) is 3.